The third-order valence-electron chi connectivity index (χ3n) is 22.5. The molecule has 2 heteroatoms. The number of hydrogen-bond acceptors (Lipinski definition) is 2. The molecule has 20 aromatic carbocycles. The van der Waals surface area contributed by atoms with Crippen LogP contribution in [0.25, 0.3) is 230 Å². The quantitative estimate of drug-likeness (QED) is 0.135. The molecule has 0 unspecified atom stereocenters. The summed E-state index contributed by atoms with van der Waals surface area (Å²) >= 11 is 0. The highest BCUT2D eigenvalue weighted by atomic mass is 16.3. The van der Waals surface area contributed by atoms with Crippen LogP contribution < -0.4 is 0 Å². The van der Waals surface area contributed by atoms with Crippen LogP contribution in [-0.4, -0.2) is 0 Å². The second-order valence-corrected chi connectivity index (χ2v) is 28.5. The Morgan fingerprint density at radius 2 is 0.425 bits per heavy atom. The maximum absolute atomic E-state index is 7.28. The van der Waals surface area contributed by atoms with Crippen LogP contribution in [0.5, 0.6) is 0 Å². The summed E-state index contributed by atoms with van der Waals surface area (Å²) in [6, 6.07) is 139. The molecule has 0 saturated carbocycles. The van der Waals surface area contributed by atoms with Crippen molar-refractivity contribution < 1.29 is 8.83 Å². The molecular weight excluding hydrogens is 1280 g/mol. The lowest BCUT2D eigenvalue weighted by Gasteiger charge is -2.19. The molecule has 22 aromatic rings. The van der Waals surface area contributed by atoms with Crippen LogP contribution in [0.2, 0.25) is 0 Å². The van der Waals surface area contributed by atoms with Gasteiger partial charge in [0.05, 0.1) is 0 Å². The van der Waals surface area contributed by atoms with E-state index in [-0.39, 0.29) is 0 Å². The van der Waals surface area contributed by atoms with E-state index in [1.54, 1.807) is 0 Å². The van der Waals surface area contributed by atoms with Crippen molar-refractivity contribution in [2.75, 3.05) is 0 Å². The number of rotatable bonds is 9. The van der Waals surface area contributed by atoms with E-state index < -0.39 is 0 Å². The highest BCUT2D eigenvalue weighted by Crippen LogP contribution is 2.51. The van der Waals surface area contributed by atoms with Crippen LogP contribution in [0.1, 0.15) is 0 Å². The average molecular weight is 1340 g/mol. The molecule has 0 saturated heterocycles. The third kappa shape index (κ3) is 9.52. The van der Waals surface area contributed by atoms with Crippen molar-refractivity contribution >= 4 is 130 Å². The van der Waals surface area contributed by atoms with Gasteiger partial charge in [0.25, 0.3) is 0 Å². The summed E-state index contributed by atoms with van der Waals surface area (Å²) in [5, 5.41) is 23.5. The van der Waals surface area contributed by atoms with Gasteiger partial charge in [-0.15, -0.1) is 0 Å². The van der Waals surface area contributed by atoms with E-state index in [1.165, 1.54) is 120 Å². The highest BCUT2D eigenvalue weighted by Gasteiger charge is 2.25. The monoisotopic (exact) mass is 1340 g/mol. The normalized spacial score (nSPS) is 12.0. The molecule has 2 aromatic heterocycles. The fourth-order valence-corrected chi connectivity index (χ4v) is 17.7. The van der Waals surface area contributed by atoms with Crippen LogP contribution in [0.15, 0.2) is 385 Å². The zero-order valence-electron chi connectivity index (χ0n) is 57.6. The van der Waals surface area contributed by atoms with E-state index in [9.17, 15) is 0 Å². The molecule has 0 N–H and O–H groups in total. The van der Waals surface area contributed by atoms with Gasteiger partial charge < -0.3 is 8.83 Å². The Morgan fingerprint density at radius 3 is 0.934 bits per heavy atom. The minimum atomic E-state index is 0.842. The maximum Gasteiger partial charge on any atom is 0.143 e. The zero-order chi connectivity index (χ0) is 69.5. The maximum atomic E-state index is 7.28. The first kappa shape index (κ1) is 59.7. The smallest absolute Gasteiger partial charge is 0.143 e. The van der Waals surface area contributed by atoms with Crippen LogP contribution in [0, 0.1) is 0 Å². The second kappa shape index (κ2) is 23.8. The molecule has 0 bridgehead atoms. The molecule has 0 amide bonds. The van der Waals surface area contributed by atoms with Crippen LogP contribution >= 0.6 is 0 Å². The van der Waals surface area contributed by atoms with Gasteiger partial charge in [0, 0.05) is 32.7 Å². The van der Waals surface area contributed by atoms with Crippen molar-refractivity contribution in [3.63, 3.8) is 0 Å². The molecule has 2 nitrogen and oxygen atoms in total. The van der Waals surface area contributed by atoms with Crippen molar-refractivity contribution in [1.82, 2.24) is 0 Å². The Bertz CT molecular complexity index is 7390. The molecule has 106 heavy (non-hydrogen) atoms. The van der Waals surface area contributed by atoms with Crippen molar-refractivity contribution in [2.24, 2.45) is 0 Å². The predicted molar refractivity (Wildman–Crippen MR) is 450 cm³/mol. The van der Waals surface area contributed by atoms with Gasteiger partial charge in [-0.1, -0.05) is 309 Å². The zero-order valence-corrected chi connectivity index (χ0v) is 57.6. The van der Waals surface area contributed by atoms with Gasteiger partial charge in [-0.25, -0.2) is 0 Å². The molecule has 0 fully saturated rings. The summed E-state index contributed by atoms with van der Waals surface area (Å²) in [7, 11) is 0. The molecule has 22 rings (SSSR count). The van der Waals surface area contributed by atoms with Gasteiger partial charge in [-0.2, -0.15) is 0 Å². The Labute approximate surface area is 611 Å². The van der Waals surface area contributed by atoms with Crippen molar-refractivity contribution in [2.45, 2.75) is 0 Å². The second-order valence-electron chi connectivity index (χ2n) is 28.5. The topological polar surface area (TPSA) is 26.3 Å². The van der Waals surface area contributed by atoms with E-state index in [2.05, 4.69) is 376 Å². The summed E-state index contributed by atoms with van der Waals surface area (Å²) in [6.07, 6.45) is 0. The number of para-hydroxylation sites is 1. The molecule has 0 aliphatic carbocycles. The lowest BCUT2D eigenvalue weighted by molar-refractivity contribution is 0.670. The van der Waals surface area contributed by atoms with Crippen LogP contribution in [0.4, 0.5) is 0 Å². The minimum absolute atomic E-state index is 0.842. The van der Waals surface area contributed by atoms with Gasteiger partial charge in [-0.3, -0.25) is 0 Å². The largest absolute Gasteiger partial charge is 0.455 e. The molecule has 490 valence electrons. The number of furan rings is 2. The van der Waals surface area contributed by atoms with Crippen molar-refractivity contribution in [1.29, 1.82) is 0 Å². The Hall–Kier alpha value is -13.9. The average Bonchev–Trinajstić information content (AvgIpc) is 1.02. The Balaban J connectivity index is 0.707. The lowest BCUT2D eigenvalue weighted by Crippen LogP contribution is -1.92. The Kier molecular flexibility index (Phi) is 13.4. The summed E-state index contributed by atoms with van der Waals surface area (Å²) in [4.78, 5) is 0. The summed E-state index contributed by atoms with van der Waals surface area (Å²) in [5.74, 6) is 0. The van der Waals surface area contributed by atoms with Crippen LogP contribution in [-0.2, 0) is 0 Å². The standard InChI is InChI=1S/C104H62O2/c1-3-22-67-54-70(48-44-63(67)20-1)65-42-46-66(47-43-65)97-84-35-9-14-40-89(84)100(78-29-19-31-80(58-78)101-81-32-7-5-24-74(81)61-93-83-34-15-16-41-95(83)105-103(93)101)92-60-72(50-52-90(92)97)73-51-53-96-91(59-73)94-62-75-25-6-8-33-82(75)102(104(94)106-96)79-30-18-28-77(57-79)99-87-38-12-10-36-85(87)98(86-37-11-13-39-88(86)99)76-27-17-26-69(56-76)71-49-45-64-21-2-4-23-68(64)55-71/h1-62H. The first-order valence-electron chi connectivity index (χ1n) is 36.6. The van der Waals surface area contributed by atoms with Crippen LogP contribution in [0.3, 0.4) is 0 Å². The SMILES string of the molecule is c1cc(-c2ccc3ccccc3c2)cc(-c2c3ccccc3c(-c3cccc(-c4c5ccccc5cc5c4oc4ccc(-c6ccc7c(-c8ccc(-c9ccc%10ccccc%10c9)cc8)c8ccccc8c(-c8cccc(-c9c%10ccccc%10cc%10c9oc9ccccc9%10)c8)c7c6)cc45)c3)c3ccccc23)c1. The fourth-order valence-electron chi connectivity index (χ4n) is 17.7. The summed E-state index contributed by atoms with van der Waals surface area (Å²) in [6.45, 7) is 0. The molecule has 2 heterocycles. The van der Waals surface area contributed by atoms with Crippen molar-refractivity contribution in [3.05, 3.63) is 376 Å². The number of benzene rings is 20. The third-order valence-corrected chi connectivity index (χ3v) is 22.5. The number of fused-ring (bicyclic) bond motifs is 14. The van der Waals surface area contributed by atoms with Gasteiger partial charge in [-0.05, 0) is 242 Å². The number of hydrogen-bond donors (Lipinski definition) is 0. The first-order valence-corrected chi connectivity index (χ1v) is 36.6. The molecule has 0 aliphatic heterocycles. The molecule has 0 aliphatic rings. The molecular formula is C104H62O2. The van der Waals surface area contributed by atoms with Gasteiger partial charge in [0.1, 0.15) is 22.3 Å². The summed E-state index contributed by atoms with van der Waals surface area (Å²) < 4.78 is 14.2. The van der Waals surface area contributed by atoms with E-state index in [0.29, 0.717) is 0 Å². The van der Waals surface area contributed by atoms with Gasteiger partial charge in [0.15, 0.2) is 0 Å². The summed E-state index contributed by atoms with van der Waals surface area (Å²) in [5.41, 5.74) is 24.3. The molecule has 0 radical (unpaired) electrons. The van der Waals surface area contributed by atoms with E-state index >= 15 is 0 Å². The molecule has 0 atom stereocenters. The first-order chi connectivity index (χ1) is 52.5. The highest BCUT2D eigenvalue weighted by molar-refractivity contribution is 6.26. The minimum Gasteiger partial charge on any atom is -0.455 e. The molecule has 0 spiro atoms. The van der Waals surface area contributed by atoms with Gasteiger partial charge >= 0.3 is 0 Å². The fraction of sp³-hybridized carbons (Fsp3) is 0. The lowest BCUT2D eigenvalue weighted by atomic mass is 9.84. The van der Waals surface area contributed by atoms with E-state index in [1.807, 2.05) is 0 Å². The Morgan fingerprint density at radius 1 is 0.123 bits per heavy atom. The van der Waals surface area contributed by atoms with E-state index in [4.69, 9.17) is 8.83 Å². The van der Waals surface area contributed by atoms with E-state index in [0.717, 1.165) is 110 Å². The predicted octanol–water partition coefficient (Wildman–Crippen LogP) is 29.7. The van der Waals surface area contributed by atoms with Gasteiger partial charge in [0.2, 0.25) is 0 Å². The van der Waals surface area contributed by atoms with Crippen molar-refractivity contribution in [3.8, 4) is 100 Å².